The van der Waals surface area contributed by atoms with E-state index in [9.17, 15) is 4.79 Å². The molecule has 2 atom stereocenters. The first-order chi connectivity index (χ1) is 13.0. The number of nitrogens with one attached hydrogen (secondary N) is 1. The maximum atomic E-state index is 12.6. The van der Waals surface area contributed by atoms with E-state index in [2.05, 4.69) is 34.2 Å². The summed E-state index contributed by atoms with van der Waals surface area (Å²) in [5.41, 5.74) is 1.05. The van der Waals surface area contributed by atoms with E-state index < -0.39 is 0 Å². The number of likely N-dealkylation sites (tertiary alicyclic amines) is 1. The van der Waals surface area contributed by atoms with Gasteiger partial charge in [0.2, 0.25) is 5.91 Å². The van der Waals surface area contributed by atoms with E-state index in [0.717, 1.165) is 17.2 Å². The highest BCUT2D eigenvalue weighted by molar-refractivity contribution is 5.79. The van der Waals surface area contributed by atoms with E-state index in [1.54, 1.807) is 18.0 Å². The molecular weight excluding hydrogens is 344 g/mol. The van der Waals surface area contributed by atoms with E-state index in [1.807, 2.05) is 30.4 Å². The predicted molar refractivity (Wildman–Crippen MR) is 102 cm³/mol. The molecule has 3 rings (SSSR count). The van der Waals surface area contributed by atoms with E-state index >= 15 is 0 Å². The monoisotopic (exact) mass is 372 g/mol. The first-order valence-electron chi connectivity index (χ1n) is 9.33. The summed E-state index contributed by atoms with van der Waals surface area (Å²) in [6.07, 6.45) is 6.10. The van der Waals surface area contributed by atoms with Crippen molar-refractivity contribution in [3.05, 3.63) is 36.0 Å². The number of rotatable bonds is 8. The molecule has 1 saturated heterocycles. The van der Waals surface area contributed by atoms with Crippen molar-refractivity contribution in [1.29, 1.82) is 0 Å². The number of methoxy groups -OCH3 is 1. The molecule has 8 nitrogen and oxygen atoms in total. The zero-order valence-electron chi connectivity index (χ0n) is 16.4. The van der Waals surface area contributed by atoms with Gasteiger partial charge in [0.05, 0.1) is 18.8 Å². The first-order valence-corrected chi connectivity index (χ1v) is 9.33. The topological polar surface area (TPSA) is 85.2 Å². The molecule has 1 amide bonds. The predicted octanol–water partition coefficient (Wildman–Crippen LogP) is 1.98. The molecule has 146 valence electrons. The second-order valence-corrected chi connectivity index (χ2v) is 7.27. The van der Waals surface area contributed by atoms with Crippen LogP contribution in [0.5, 0.6) is 0 Å². The van der Waals surface area contributed by atoms with E-state index in [1.165, 1.54) is 0 Å². The van der Waals surface area contributed by atoms with Crippen molar-refractivity contribution in [3.8, 4) is 0 Å². The Hall–Kier alpha value is -2.48. The van der Waals surface area contributed by atoms with Crippen LogP contribution in [-0.2, 0) is 16.6 Å². The van der Waals surface area contributed by atoms with Crippen molar-refractivity contribution in [2.45, 2.75) is 32.2 Å². The molecule has 3 heterocycles. The minimum atomic E-state index is -0.0137. The molecule has 1 N–H and O–H groups in total. The molecule has 8 heteroatoms. The molecule has 0 aromatic carbocycles. The fourth-order valence-electron chi connectivity index (χ4n) is 3.53. The number of ether oxygens (including phenoxy) is 1. The average molecular weight is 372 g/mol. The lowest BCUT2D eigenvalue weighted by atomic mass is 9.95. The van der Waals surface area contributed by atoms with Crippen LogP contribution >= 0.6 is 0 Å². The molecule has 2 aromatic heterocycles. The summed E-state index contributed by atoms with van der Waals surface area (Å²) in [4.78, 5) is 23.4. The van der Waals surface area contributed by atoms with Gasteiger partial charge in [0.1, 0.15) is 11.6 Å². The summed E-state index contributed by atoms with van der Waals surface area (Å²) in [6, 6.07) is 1.85. The average Bonchev–Trinajstić information content (AvgIpc) is 3.21. The lowest BCUT2D eigenvalue weighted by Gasteiger charge is -2.27. The Morgan fingerprint density at radius 3 is 2.89 bits per heavy atom. The molecule has 0 spiro atoms. The Morgan fingerprint density at radius 2 is 2.22 bits per heavy atom. The maximum Gasteiger partial charge on any atom is 0.223 e. The lowest BCUT2D eigenvalue weighted by molar-refractivity contribution is -0.129. The van der Waals surface area contributed by atoms with Gasteiger partial charge >= 0.3 is 0 Å². The highest BCUT2D eigenvalue weighted by atomic mass is 16.5. The highest BCUT2D eigenvalue weighted by Crippen LogP contribution is 2.37. The molecule has 2 aromatic rings. The second-order valence-electron chi connectivity index (χ2n) is 7.27. The summed E-state index contributed by atoms with van der Waals surface area (Å²) in [7, 11) is 3.54. The van der Waals surface area contributed by atoms with Crippen molar-refractivity contribution in [3.63, 3.8) is 0 Å². The largest absolute Gasteiger partial charge is 0.383 e. The maximum absolute atomic E-state index is 12.6. The summed E-state index contributed by atoms with van der Waals surface area (Å²) in [5.74, 6) is 2.16. The van der Waals surface area contributed by atoms with Gasteiger partial charge in [0.25, 0.3) is 0 Å². The number of nitrogens with zero attached hydrogens (tertiary/aromatic N) is 5. The van der Waals surface area contributed by atoms with E-state index in [-0.39, 0.29) is 23.8 Å². The first kappa shape index (κ1) is 19.3. The Morgan fingerprint density at radius 1 is 1.41 bits per heavy atom. The van der Waals surface area contributed by atoms with Gasteiger partial charge in [-0.05, 0) is 6.07 Å². The van der Waals surface area contributed by atoms with Gasteiger partial charge in [0.15, 0.2) is 0 Å². The van der Waals surface area contributed by atoms with E-state index in [4.69, 9.17) is 4.74 Å². The Labute approximate surface area is 159 Å². The van der Waals surface area contributed by atoms with Crippen LogP contribution in [0.25, 0.3) is 0 Å². The van der Waals surface area contributed by atoms with Crippen LogP contribution < -0.4 is 5.32 Å². The van der Waals surface area contributed by atoms with Gasteiger partial charge in [-0.2, -0.15) is 5.10 Å². The summed E-state index contributed by atoms with van der Waals surface area (Å²) >= 11 is 0. The highest BCUT2D eigenvalue weighted by Gasteiger charge is 2.40. The fourth-order valence-corrected chi connectivity index (χ4v) is 3.53. The number of hydrogen-bond donors (Lipinski definition) is 1. The minimum Gasteiger partial charge on any atom is -0.383 e. The SMILES string of the molecule is COCCN1C(=O)C[C@@H](CNc2ccnc(C(C)C)n2)[C@@H]1c1cnn(C)c1. The molecule has 1 fully saturated rings. The lowest BCUT2D eigenvalue weighted by Crippen LogP contribution is -2.33. The zero-order valence-corrected chi connectivity index (χ0v) is 16.4. The Bertz CT molecular complexity index is 775. The standard InChI is InChI=1S/C19H28N6O2/c1-13(2)19-20-6-5-16(23-19)21-10-14-9-17(26)25(7-8-27-4)18(14)15-11-22-24(3)12-15/h5-6,11-14,18H,7-10H2,1-4H3,(H,20,21,23)/t14-,18+/m0/s1. The molecule has 0 aliphatic carbocycles. The number of aromatic nitrogens is 4. The molecule has 0 unspecified atom stereocenters. The molecule has 0 radical (unpaired) electrons. The van der Waals surface area contributed by atoms with Crippen molar-refractivity contribution in [1.82, 2.24) is 24.6 Å². The Balaban J connectivity index is 1.76. The quantitative estimate of drug-likeness (QED) is 0.763. The van der Waals surface area contributed by atoms with Gasteiger partial charge in [-0.15, -0.1) is 0 Å². The van der Waals surface area contributed by atoms with Gasteiger partial charge in [0, 0.05) is 63.5 Å². The van der Waals surface area contributed by atoms with Crippen LogP contribution in [0, 0.1) is 5.92 Å². The van der Waals surface area contributed by atoms with Crippen molar-refractivity contribution >= 4 is 11.7 Å². The van der Waals surface area contributed by atoms with Crippen LogP contribution in [0.3, 0.4) is 0 Å². The van der Waals surface area contributed by atoms with Gasteiger partial charge in [-0.25, -0.2) is 9.97 Å². The number of aryl methyl sites for hydroxylation is 1. The van der Waals surface area contributed by atoms with Gasteiger partial charge in [-0.1, -0.05) is 13.8 Å². The van der Waals surface area contributed by atoms with Crippen molar-refractivity contribution in [2.24, 2.45) is 13.0 Å². The summed E-state index contributed by atoms with van der Waals surface area (Å²) in [6.45, 7) is 5.90. The zero-order chi connectivity index (χ0) is 19.4. The molecule has 1 aliphatic heterocycles. The van der Waals surface area contributed by atoms with Crippen molar-refractivity contribution in [2.75, 3.05) is 32.1 Å². The molecular formula is C19H28N6O2. The number of hydrogen-bond acceptors (Lipinski definition) is 6. The van der Waals surface area contributed by atoms with E-state index in [0.29, 0.717) is 26.1 Å². The molecule has 0 saturated carbocycles. The van der Waals surface area contributed by atoms with Crippen molar-refractivity contribution < 1.29 is 9.53 Å². The van der Waals surface area contributed by atoms with Gasteiger partial charge in [-0.3, -0.25) is 9.48 Å². The summed E-state index contributed by atoms with van der Waals surface area (Å²) < 4.78 is 6.97. The molecule has 1 aliphatic rings. The van der Waals surface area contributed by atoms with Crippen LogP contribution in [-0.4, -0.2) is 57.4 Å². The third kappa shape index (κ3) is 4.44. The number of anilines is 1. The number of carbonyl (C=O) groups excluding carboxylic acids is 1. The number of amides is 1. The smallest absolute Gasteiger partial charge is 0.223 e. The van der Waals surface area contributed by atoms with Crippen LogP contribution in [0.15, 0.2) is 24.7 Å². The van der Waals surface area contributed by atoms with Gasteiger partial charge < -0.3 is 15.0 Å². The van der Waals surface area contributed by atoms with Crippen LogP contribution in [0.2, 0.25) is 0 Å². The second kappa shape index (κ2) is 8.47. The fraction of sp³-hybridized carbons (Fsp3) is 0.579. The third-order valence-electron chi connectivity index (χ3n) is 4.88. The molecule has 27 heavy (non-hydrogen) atoms. The van der Waals surface area contributed by atoms with Crippen LogP contribution in [0.1, 0.15) is 43.6 Å². The summed E-state index contributed by atoms with van der Waals surface area (Å²) in [5, 5.41) is 7.69. The number of carbonyl (C=O) groups is 1. The third-order valence-corrected chi connectivity index (χ3v) is 4.88. The minimum absolute atomic E-state index is 0.0137. The van der Waals surface area contributed by atoms with Crippen LogP contribution in [0.4, 0.5) is 5.82 Å². The Kier molecular flexibility index (Phi) is 6.05. The molecule has 0 bridgehead atoms. The normalized spacial score (nSPS) is 19.9.